The van der Waals surface area contributed by atoms with E-state index in [1.165, 1.54) is 6.07 Å². The maximum absolute atomic E-state index is 12.6. The minimum atomic E-state index is -4.69. The fraction of sp³-hybridized carbons (Fsp3) is 0.273. The van der Waals surface area contributed by atoms with Crippen LogP contribution in [0.5, 0.6) is 5.75 Å². The molecule has 0 spiro atoms. The van der Waals surface area contributed by atoms with Crippen molar-refractivity contribution in [2.75, 3.05) is 13.0 Å². The van der Waals surface area contributed by atoms with Crippen LogP contribution in [0.15, 0.2) is 12.1 Å². The quantitative estimate of drug-likeness (QED) is 0.630. The number of nitriles is 1. The van der Waals surface area contributed by atoms with E-state index in [4.69, 9.17) is 21.6 Å². The molecule has 96 valence electrons. The lowest BCUT2D eigenvalue weighted by Crippen LogP contribution is -2.12. The van der Waals surface area contributed by atoms with Gasteiger partial charge in [0.05, 0.1) is 24.1 Å². The number of hydrogen-bond acceptors (Lipinski definition) is 3. The highest BCUT2D eigenvalue weighted by Crippen LogP contribution is 2.37. The molecule has 0 radical (unpaired) electrons. The molecule has 1 aromatic carbocycles. The highest BCUT2D eigenvalue weighted by molar-refractivity contribution is 6.30. The number of benzene rings is 1. The van der Waals surface area contributed by atoms with Crippen LogP contribution >= 0.6 is 11.6 Å². The van der Waals surface area contributed by atoms with Gasteiger partial charge in [0.15, 0.2) is 5.78 Å². The summed E-state index contributed by atoms with van der Waals surface area (Å²) in [6.07, 6.45) is -4.69. The lowest BCUT2D eigenvalue weighted by Gasteiger charge is -2.14. The largest absolute Gasteiger partial charge is 0.495 e. The molecule has 0 atom stereocenters. The summed E-state index contributed by atoms with van der Waals surface area (Å²) in [7, 11) is 1.08. The highest BCUT2D eigenvalue weighted by Gasteiger charge is 2.36. The Bertz CT molecular complexity index is 520. The maximum Gasteiger partial charge on any atom is 0.417 e. The number of halogens is 4. The molecular formula is C11H7ClF3NO2. The Morgan fingerprint density at radius 3 is 2.50 bits per heavy atom. The van der Waals surface area contributed by atoms with Crippen LogP contribution in [-0.4, -0.2) is 18.8 Å². The highest BCUT2D eigenvalue weighted by atomic mass is 35.5. The molecule has 0 N–H and O–H groups in total. The molecule has 3 nitrogen and oxygen atoms in total. The average molecular weight is 278 g/mol. The molecule has 0 unspecified atom stereocenters. The number of nitrogens with zero attached hydrogens (tertiary/aromatic N) is 1. The van der Waals surface area contributed by atoms with Gasteiger partial charge in [0.2, 0.25) is 0 Å². The van der Waals surface area contributed by atoms with E-state index < -0.39 is 34.7 Å². The van der Waals surface area contributed by atoms with Crippen molar-refractivity contribution in [1.29, 1.82) is 5.26 Å². The van der Waals surface area contributed by atoms with Gasteiger partial charge < -0.3 is 4.74 Å². The first-order chi connectivity index (χ1) is 8.36. The van der Waals surface area contributed by atoms with E-state index in [1.807, 2.05) is 0 Å². The first-order valence-electron chi connectivity index (χ1n) is 4.64. The van der Waals surface area contributed by atoms with Crippen LogP contribution in [-0.2, 0) is 6.18 Å². The summed E-state index contributed by atoms with van der Waals surface area (Å²) >= 11 is 5.33. The van der Waals surface area contributed by atoms with Crippen LogP contribution < -0.4 is 4.74 Å². The Hall–Kier alpha value is -1.74. The van der Waals surface area contributed by atoms with Crippen molar-refractivity contribution in [3.63, 3.8) is 0 Å². The normalized spacial score (nSPS) is 10.9. The van der Waals surface area contributed by atoms with Gasteiger partial charge in [-0.1, -0.05) is 0 Å². The standard InChI is InChI=1S/C11H7ClF3NO2/c1-18-10-6(9(17)4-12)2-3-8(7(10)5-16)11(13,14)15/h2-3H,4H2,1H3. The van der Waals surface area contributed by atoms with Gasteiger partial charge in [-0.25, -0.2) is 0 Å². The van der Waals surface area contributed by atoms with E-state index in [9.17, 15) is 18.0 Å². The van der Waals surface area contributed by atoms with Crippen LogP contribution in [0.3, 0.4) is 0 Å². The van der Waals surface area contributed by atoms with E-state index in [1.54, 1.807) is 0 Å². The maximum atomic E-state index is 12.6. The van der Waals surface area contributed by atoms with Crippen molar-refractivity contribution in [1.82, 2.24) is 0 Å². The van der Waals surface area contributed by atoms with Crippen LogP contribution in [0.25, 0.3) is 0 Å². The molecule has 0 saturated carbocycles. The molecule has 0 aliphatic rings. The molecule has 0 fully saturated rings. The van der Waals surface area contributed by atoms with E-state index in [0.717, 1.165) is 13.2 Å². The molecule has 1 rings (SSSR count). The van der Waals surface area contributed by atoms with Crippen molar-refractivity contribution in [3.05, 3.63) is 28.8 Å². The molecular weight excluding hydrogens is 271 g/mol. The summed E-state index contributed by atoms with van der Waals surface area (Å²) in [4.78, 5) is 11.4. The lowest BCUT2D eigenvalue weighted by atomic mass is 10.0. The smallest absolute Gasteiger partial charge is 0.417 e. The number of carbonyl (C=O) groups excluding carboxylic acids is 1. The third-order valence-corrected chi connectivity index (χ3v) is 2.44. The second-order valence-electron chi connectivity index (χ2n) is 3.24. The number of hydrogen-bond donors (Lipinski definition) is 0. The topological polar surface area (TPSA) is 50.1 Å². The Labute approximate surface area is 106 Å². The Kier molecular flexibility index (Phi) is 4.19. The summed E-state index contributed by atoms with van der Waals surface area (Å²) < 4.78 is 42.7. The van der Waals surface area contributed by atoms with Gasteiger partial charge in [-0.15, -0.1) is 11.6 Å². The molecule has 0 bridgehead atoms. The van der Waals surface area contributed by atoms with Gasteiger partial charge in [-0.05, 0) is 12.1 Å². The average Bonchev–Trinajstić information content (AvgIpc) is 2.34. The van der Waals surface area contributed by atoms with Crippen molar-refractivity contribution < 1.29 is 22.7 Å². The van der Waals surface area contributed by atoms with Crippen molar-refractivity contribution in [2.24, 2.45) is 0 Å². The van der Waals surface area contributed by atoms with Crippen LogP contribution in [0.1, 0.15) is 21.5 Å². The van der Waals surface area contributed by atoms with Crippen molar-refractivity contribution in [2.45, 2.75) is 6.18 Å². The van der Waals surface area contributed by atoms with Crippen LogP contribution in [0.2, 0.25) is 0 Å². The van der Waals surface area contributed by atoms with Gasteiger partial charge >= 0.3 is 6.18 Å². The monoisotopic (exact) mass is 277 g/mol. The molecule has 0 heterocycles. The number of carbonyl (C=O) groups is 1. The van der Waals surface area contributed by atoms with Gasteiger partial charge in [-0.3, -0.25) is 4.79 Å². The third kappa shape index (κ3) is 2.57. The second kappa shape index (κ2) is 5.27. The zero-order valence-electron chi connectivity index (χ0n) is 9.14. The number of ether oxygens (including phenoxy) is 1. The van der Waals surface area contributed by atoms with E-state index in [-0.39, 0.29) is 5.56 Å². The Morgan fingerprint density at radius 2 is 2.11 bits per heavy atom. The Balaban J connectivity index is 3.58. The summed E-state index contributed by atoms with van der Waals surface area (Å²) in [5, 5.41) is 8.80. The van der Waals surface area contributed by atoms with Gasteiger partial charge in [0.1, 0.15) is 17.4 Å². The molecule has 7 heteroatoms. The molecule has 0 amide bonds. The first kappa shape index (κ1) is 14.3. The first-order valence-corrected chi connectivity index (χ1v) is 5.17. The number of alkyl halides is 4. The minimum Gasteiger partial charge on any atom is -0.495 e. The molecule has 18 heavy (non-hydrogen) atoms. The minimum absolute atomic E-state index is 0.142. The van der Waals surface area contributed by atoms with E-state index in [2.05, 4.69) is 0 Å². The van der Waals surface area contributed by atoms with Crippen LogP contribution in [0.4, 0.5) is 13.2 Å². The molecule has 0 aliphatic heterocycles. The number of Topliss-reactive ketones (excluding diaryl/α,β-unsaturated/α-hetero) is 1. The third-order valence-electron chi connectivity index (χ3n) is 2.20. The van der Waals surface area contributed by atoms with Crippen LogP contribution in [0, 0.1) is 11.3 Å². The zero-order chi connectivity index (χ0) is 13.9. The molecule has 0 saturated heterocycles. The SMILES string of the molecule is COc1c(C(=O)CCl)ccc(C(F)(F)F)c1C#N. The number of ketones is 1. The van der Waals surface area contributed by atoms with Crippen molar-refractivity contribution in [3.8, 4) is 11.8 Å². The van der Waals surface area contributed by atoms with E-state index in [0.29, 0.717) is 6.07 Å². The van der Waals surface area contributed by atoms with Crippen molar-refractivity contribution >= 4 is 17.4 Å². The molecule has 0 aromatic heterocycles. The fourth-order valence-corrected chi connectivity index (χ4v) is 1.58. The summed E-state index contributed by atoms with van der Waals surface area (Å²) in [5.74, 6) is -1.43. The Morgan fingerprint density at radius 1 is 1.50 bits per heavy atom. The molecule has 0 aliphatic carbocycles. The lowest BCUT2D eigenvalue weighted by molar-refractivity contribution is -0.137. The fourth-order valence-electron chi connectivity index (χ4n) is 1.43. The summed E-state index contributed by atoms with van der Waals surface area (Å²) in [5.41, 5.74) is -2.01. The second-order valence-corrected chi connectivity index (χ2v) is 3.50. The summed E-state index contributed by atoms with van der Waals surface area (Å²) in [6.45, 7) is 0. The predicted octanol–water partition coefficient (Wildman–Crippen LogP) is 3.01. The molecule has 1 aromatic rings. The summed E-state index contributed by atoms with van der Waals surface area (Å²) in [6, 6.07) is 3.02. The number of rotatable bonds is 3. The van der Waals surface area contributed by atoms with Gasteiger partial charge in [-0.2, -0.15) is 18.4 Å². The zero-order valence-corrected chi connectivity index (χ0v) is 9.89. The van der Waals surface area contributed by atoms with Gasteiger partial charge in [0.25, 0.3) is 0 Å². The van der Waals surface area contributed by atoms with E-state index >= 15 is 0 Å². The number of methoxy groups -OCH3 is 1. The van der Waals surface area contributed by atoms with Gasteiger partial charge in [0, 0.05) is 0 Å². The predicted molar refractivity (Wildman–Crippen MR) is 57.8 cm³/mol.